The lowest BCUT2D eigenvalue weighted by Crippen LogP contribution is -2.32. The van der Waals surface area contributed by atoms with Gasteiger partial charge in [-0.3, -0.25) is 4.79 Å². The molecule has 21 heavy (non-hydrogen) atoms. The predicted octanol–water partition coefficient (Wildman–Crippen LogP) is 0.714. The monoisotopic (exact) mass is 294 g/mol. The van der Waals surface area contributed by atoms with E-state index in [-0.39, 0.29) is 5.56 Å². The van der Waals surface area contributed by atoms with Crippen molar-refractivity contribution in [2.45, 2.75) is 32.4 Å². The van der Waals surface area contributed by atoms with Gasteiger partial charge in [0.05, 0.1) is 18.5 Å². The molecule has 6 nitrogen and oxygen atoms in total. The zero-order valence-corrected chi connectivity index (χ0v) is 13.2. The van der Waals surface area contributed by atoms with Gasteiger partial charge in [-0.2, -0.15) is 5.10 Å². The molecule has 1 aliphatic rings. The van der Waals surface area contributed by atoms with Crippen LogP contribution >= 0.6 is 0 Å². The zero-order chi connectivity index (χ0) is 15.2. The van der Waals surface area contributed by atoms with Crippen LogP contribution < -0.4 is 15.8 Å². The van der Waals surface area contributed by atoms with E-state index in [9.17, 15) is 4.79 Å². The molecule has 1 heterocycles. The van der Waals surface area contributed by atoms with Crippen molar-refractivity contribution in [2.75, 3.05) is 38.8 Å². The fraction of sp³-hybridized carbons (Fsp3) is 0.733. The van der Waals surface area contributed by atoms with Crippen LogP contribution in [0.3, 0.4) is 0 Å². The summed E-state index contributed by atoms with van der Waals surface area (Å²) in [5.41, 5.74) is 0.784. The van der Waals surface area contributed by atoms with Gasteiger partial charge in [-0.1, -0.05) is 6.92 Å². The first-order chi connectivity index (χ1) is 10.1. The minimum Gasteiger partial charge on any atom is -0.383 e. The summed E-state index contributed by atoms with van der Waals surface area (Å²) in [6.07, 6.45) is 4.32. The van der Waals surface area contributed by atoms with Gasteiger partial charge in [0.1, 0.15) is 0 Å². The van der Waals surface area contributed by atoms with Crippen LogP contribution in [-0.4, -0.2) is 49.7 Å². The average molecular weight is 294 g/mol. The summed E-state index contributed by atoms with van der Waals surface area (Å²) in [4.78, 5) is 14.1. The van der Waals surface area contributed by atoms with Gasteiger partial charge in [0.25, 0.3) is 5.56 Å². The van der Waals surface area contributed by atoms with Gasteiger partial charge in [-0.15, -0.1) is 0 Å². The van der Waals surface area contributed by atoms with Crippen molar-refractivity contribution in [1.29, 1.82) is 0 Å². The number of aromatic nitrogens is 2. The van der Waals surface area contributed by atoms with Crippen LogP contribution in [0.5, 0.6) is 0 Å². The lowest BCUT2D eigenvalue weighted by atomic mass is 10.2. The standard InChI is InChI=1S/C15H26N4O2/c1-12(9-16-13-4-5-13)11-19-15(20)8-14(10-17-19)18(2)6-7-21-3/h8,10,12-13,16H,4-7,9,11H2,1-3H3. The van der Waals surface area contributed by atoms with Crippen molar-refractivity contribution in [2.24, 2.45) is 5.92 Å². The third kappa shape index (κ3) is 5.13. The highest BCUT2D eigenvalue weighted by atomic mass is 16.5. The van der Waals surface area contributed by atoms with Crippen molar-refractivity contribution >= 4 is 5.69 Å². The van der Waals surface area contributed by atoms with Crippen LogP contribution in [0.15, 0.2) is 17.1 Å². The molecular weight excluding hydrogens is 268 g/mol. The molecule has 1 aliphatic carbocycles. The lowest BCUT2D eigenvalue weighted by Gasteiger charge is -2.19. The summed E-state index contributed by atoms with van der Waals surface area (Å²) >= 11 is 0. The van der Waals surface area contributed by atoms with Crippen molar-refractivity contribution in [1.82, 2.24) is 15.1 Å². The van der Waals surface area contributed by atoms with E-state index in [4.69, 9.17) is 4.74 Å². The highest BCUT2D eigenvalue weighted by molar-refractivity contribution is 5.41. The fourth-order valence-corrected chi connectivity index (χ4v) is 2.14. The van der Waals surface area contributed by atoms with Crippen LogP contribution in [-0.2, 0) is 11.3 Å². The largest absolute Gasteiger partial charge is 0.383 e. The summed E-state index contributed by atoms with van der Waals surface area (Å²) in [5.74, 6) is 0.396. The van der Waals surface area contributed by atoms with Crippen LogP contribution in [0.4, 0.5) is 5.69 Å². The molecule has 0 saturated heterocycles. The van der Waals surface area contributed by atoms with E-state index in [1.807, 2.05) is 11.9 Å². The number of methoxy groups -OCH3 is 1. The van der Waals surface area contributed by atoms with Gasteiger partial charge in [0, 0.05) is 39.4 Å². The smallest absolute Gasteiger partial charge is 0.268 e. The second kappa shape index (κ2) is 7.56. The van der Waals surface area contributed by atoms with Gasteiger partial charge >= 0.3 is 0 Å². The predicted molar refractivity (Wildman–Crippen MR) is 83.8 cm³/mol. The number of nitrogens with zero attached hydrogens (tertiary/aromatic N) is 3. The van der Waals surface area contributed by atoms with E-state index in [1.54, 1.807) is 24.1 Å². The van der Waals surface area contributed by atoms with Crippen LogP contribution in [0, 0.1) is 5.92 Å². The molecular formula is C15H26N4O2. The Morgan fingerprint density at radius 1 is 1.57 bits per heavy atom. The number of likely N-dealkylation sites (N-methyl/N-ethyl adjacent to an activating group) is 1. The van der Waals surface area contributed by atoms with Crippen molar-refractivity contribution < 1.29 is 4.74 Å². The maximum atomic E-state index is 12.1. The molecule has 1 N–H and O–H groups in total. The molecule has 0 aromatic carbocycles. The van der Waals surface area contributed by atoms with Crippen LogP contribution in [0.2, 0.25) is 0 Å². The molecule has 0 radical (unpaired) electrons. The average Bonchev–Trinajstić information content (AvgIpc) is 3.29. The van der Waals surface area contributed by atoms with E-state index in [2.05, 4.69) is 17.3 Å². The zero-order valence-electron chi connectivity index (χ0n) is 13.2. The van der Waals surface area contributed by atoms with Gasteiger partial charge in [0.2, 0.25) is 0 Å². The van der Waals surface area contributed by atoms with E-state index >= 15 is 0 Å². The Balaban J connectivity index is 1.89. The van der Waals surface area contributed by atoms with Gasteiger partial charge in [-0.05, 0) is 25.3 Å². The molecule has 0 amide bonds. The maximum absolute atomic E-state index is 12.1. The Hall–Kier alpha value is -1.40. The topological polar surface area (TPSA) is 59.4 Å². The molecule has 1 atom stereocenters. The number of hydrogen-bond acceptors (Lipinski definition) is 5. The van der Waals surface area contributed by atoms with E-state index in [0.29, 0.717) is 25.1 Å². The van der Waals surface area contributed by atoms with Gasteiger partial charge in [-0.25, -0.2) is 4.68 Å². The number of ether oxygens (including phenoxy) is 1. The summed E-state index contributed by atoms with van der Waals surface area (Å²) in [5, 5.41) is 7.77. The number of rotatable bonds is 9. The number of anilines is 1. The normalized spacial score (nSPS) is 16.0. The summed E-state index contributed by atoms with van der Waals surface area (Å²) in [6.45, 7) is 5.10. The van der Waals surface area contributed by atoms with Crippen LogP contribution in [0.25, 0.3) is 0 Å². The minimum absolute atomic E-state index is 0.0463. The fourth-order valence-electron chi connectivity index (χ4n) is 2.14. The first kappa shape index (κ1) is 16.0. The molecule has 1 saturated carbocycles. The Morgan fingerprint density at radius 2 is 2.33 bits per heavy atom. The number of nitrogens with one attached hydrogen (secondary N) is 1. The van der Waals surface area contributed by atoms with Crippen molar-refractivity contribution in [3.05, 3.63) is 22.6 Å². The van der Waals surface area contributed by atoms with E-state index in [1.165, 1.54) is 12.8 Å². The second-order valence-electron chi connectivity index (χ2n) is 5.94. The minimum atomic E-state index is -0.0463. The van der Waals surface area contributed by atoms with Crippen molar-refractivity contribution in [3.63, 3.8) is 0 Å². The molecule has 0 bridgehead atoms. The summed E-state index contributed by atoms with van der Waals surface area (Å²) in [6, 6.07) is 2.35. The Bertz CT molecular complexity index is 499. The van der Waals surface area contributed by atoms with Crippen LogP contribution in [0.1, 0.15) is 19.8 Å². The summed E-state index contributed by atoms with van der Waals surface area (Å²) in [7, 11) is 3.60. The van der Waals surface area contributed by atoms with Gasteiger partial charge < -0.3 is 15.0 Å². The molecule has 1 aromatic heterocycles. The summed E-state index contributed by atoms with van der Waals surface area (Å²) < 4.78 is 6.59. The first-order valence-electron chi connectivity index (χ1n) is 7.60. The first-order valence-corrected chi connectivity index (χ1v) is 7.60. The highest BCUT2D eigenvalue weighted by Gasteiger charge is 2.21. The molecule has 118 valence electrons. The molecule has 1 unspecified atom stereocenters. The third-order valence-corrected chi connectivity index (χ3v) is 3.74. The third-order valence-electron chi connectivity index (χ3n) is 3.74. The quantitative estimate of drug-likeness (QED) is 0.727. The Labute approximate surface area is 126 Å². The molecule has 1 aromatic rings. The number of hydrogen-bond donors (Lipinski definition) is 1. The maximum Gasteiger partial charge on any atom is 0.268 e. The SMILES string of the molecule is COCCN(C)c1cnn(CC(C)CNC2CC2)c(=O)c1. The second-order valence-corrected chi connectivity index (χ2v) is 5.94. The molecule has 6 heteroatoms. The van der Waals surface area contributed by atoms with Crippen molar-refractivity contribution in [3.8, 4) is 0 Å². The van der Waals surface area contributed by atoms with E-state index < -0.39 is 0 Å². The Kier molecular flexibility index (Phi) is 5.76. The van der Waals surface area contributed by atoms with Gasteiger partial charge in [0.15, 0.2) is 0 Å². The highest BCUT2D eigenvalue weighted by Crippen LogP contribution is 2.18. The lowest BCUT2D eigenvalue weighted by molar-refractivity contribution is 0.206. The molecule has 0 aliphatic heterocycles. The molecule has 2 rings (SSSR count). The molecule has 0 spiro atoms. The molecule has 1 fully saturated rings. The van der Waals surface area contributed by atoms with E-state index in [0.717, 1.165) is 18.8 Å². The Morgan fingerprint density at radius 3 is 2.95 bits per heavy atom.